The van der Waals surface area contributed by atoms with E-state index in [0.717, 1.165) is 43.9 Å². The normalized spacial score (nSPS) is 16.0. The summed E-state index contributed by atoms with van der Waals surface area (Å²) in [4.78, 5) is 10.5. The average Bonchev–Trinajstić information content (AvgIpc) is 2.48. The molecular weight excluding hydrogens is 264 g/mol. The molecule has 2 heterocycles. The Morgan fingerprint density at radius 2 is 2.00 bits per heavy atom. The van der Waals surface area contributed by atoms with Gasteiger partial charge in [-0.15, -0.1) is 0 Å². The van der Waals surface area contributed by atoms with Gasteiger partial charge in [-0.25, -0.2) is 4.98 Å². The fourth-order valence-electron chi connectivity index (χ4n) is 2.60. The van der Waals surface area contributed by atoms with Gasteiger partial charge < -0.3 is 16.8 Å². The Balaban J connectivity index is 1.82. The van der Waals surface area contributed by atoms with E-state index in [1.165, 1.54) is 5.56 Å². The summed E-state index contributed by atoms with van der Waals surface area (Å²) in [6.07, 6.45) is 1.68. The second kappa shape index (κ2) is 6.07. The fraction of sp³-hybridized carbons (Fsp3) is 0.333. The van der Waals surface area contributed by atoms with E-state index in [9.17, 15) is 0 Å². The maximum absolute atomic E-state index is 5.94. The molecule has 21 heavy (non-hydrogen) atoms. The zero-order valence-corrected chi connectivity index (χ0v) is 11.9. The minimum atomic E-state index is 0.202. The Kier molecular flexibility index (Phi) is 3.98. The summed E-state index contributed by atoms with van der Waals surface area (Å²) >= 11 is 0. The second-order valence-electron chi connectivity index (χ2n) is 5.25. The van der Waals surface area contributed by atoms with E-state index in [1.807, 2.05) is 12.1 Å². The molecule has 0 atom stereocenters. The molecule has 1 aliphatic rings. The third-order valence-electron chi connectivity index (χ3n) is 3.69. The van der Waals surface area contributed by atoms with Crippen molar-refractivity contribution in [3.8, 4) is 11.1 Å². The molecular formula is C15H20N6. The number of nitrogens with one attached hydrogen (secondary N) is 1. The summed E-state index contributed by atoms with van der Waals surface area (Å²) in [6.45, 7) is 5.22. The summed E-state index contributed by atoms with van der Waals surface area (Å²) < 4.78 is 0. The number of aromatic nitrogens is 2. The Bertz CT molecular complexity index is 621. The zero-order chi connectivity index (χ0) is 14.7. The quantitative estimate of drug-likeness (QED) is 0.769. The molecule has 1 saturated heterocycles. The molecule has 6 nitrogen and oxygen atoms in total. The van der Waals surface area contributed by atoms with Gasteiger partial charge in [0.2, 0.25) is 5.95 Å². The monoisotopic (exact) mass is 284 g/mol. The van der Waals surface area contributed by atoms with E-state index >= 15 is 0 Å². The largest absolute Gasteiger partial charge is 0.383 e. The van der Waals surface area contributed by atoms with Gasteiger partial charge in [0.1, 0.15) is 5.82 Å². The van der Waals surface area contributed by atoms with Crippen molar-refractivity contribution in [2.24, 2.45) is 0 Å². The van der Waals surface area contributed by atoms with Gasteiger partial charge in [0.25, 0.3) is 0 Å². The first kappa shape index (κ1) is 13.8. The molecule has 0 unspecified atom stereocenters. The van der Waals surface area contributed by atoms with E-state index in [4.69, 9.17) is 11.5 Å². The molecule has 6 heteroatoms. The highest BCUT2D eigenvalue weighted by Crippen LogP contribution is 2.25. The van der Waals surface area contributed by atoms with Crippen LogP contribution in [-0.2, 0) is 6.54 Å². The SMILES string of the molecule is Nc1ncc(-c2cccc(CN3CCNCC3)c2)c(N)n1. The van der Waals surface area contributed by atoms with Gasteiger partial charge in [0.15, 0.2) is 0 Å². The Morgan fingerprint density at radius 1 is 1.19 bits per heavy atom. The van der Waals surface area contributed by atoms with Gasteiger partial charge in [-0.1, -0.05) is 18.2 Å². The summed E-state index contributed by atoms with van der Waals surface area (Å²) in [7, 11) is 0. The smallest absolute Gasteiger partial charge is 0.221 e. The molecule has 5 N–H and O–H groups in total. The maximum atomic E-state index is 5.94. The number of anilines is 2. The lowest BCUT2D eigenvalue weighted by Crippen LogP contribution is -2.42. The Hall–Kier alpha value is -2.18. The summed E-state index contributed by atoms with van der Waals surface area (Å²) in [6, 6.07) is 8.35. The van der Waals surface area contributed by atoms with E-state index < -0.39 is 0 Å². The molecule has 0 bridgehead atoms. The van der Waals surface area contributed by atoms with E-state index in [-0.39, 0.29) is 5.95 Å². The molecule has 0 saturated carbocycles. The molecule has 0 amide bonds. The lowest BCUT2D eigenvalue weighted by molar-refractivity contribution is 0.233. The van der Waals surface area contributed by atoms with Crippen molar-refractivity contribution in [1.82, 2.24) is 20.2 Å². The number of piperazine rings is 1. The number of rotatable bonds is 3. The standard InChI is InChI=1S/C15H20N6/c16-14-13(9-19-15(17)20-14)12-3-1-2-11(8-12)10-21-6-4-18-5-7-21/h1-3,8-9,18H,4-7,10H2,(H4,16,17,19,20). The van der Waals surface area contributed by atoms with Crippen molar-refractivity contribution in [3.63, 3.8) is 0 Å². The number of nitrogen functional groups attached to an aromatic ring is 2. The highest BCUT2D eigenvalue weighted by molar-refractivity contribution is 5.73. The van der Waals surface area contributed by atoms with Gasteiger partial charge >= 0.3 is 0 Å². The van der Waals surface area contributed by atoms with Gasteiger partial charge in [-0.2, -0.15) is 4.98 Å². The van der Waals surface area contributed by atoms with Crippen LogP contribution in [0.15, 0.2) is 30.5 Å². The third kappa shape index (κ3) is 3.29. The van der Waals surface area contributed by atoms with Crippen LogP contribution in [0.2, 0.25) is 0 Å². The van der Waals surface area contributed by atoms with Crippen LogP contribution in [0.3, 0.4) is 0 Å². The number of hydrogen-bond donors (Lipinski definition) is 3. The molecule has 3 rings (SSSR count). The molecule has 1 aromatic carbocycles. The first-order valence-corrected chi connectivity index (χ1v) is 7.13. The highest BCUT2D eigenvalue weighted by Gasteiger charge is 2.11. The minimum absolute atomic E-state index is 0.202. The lowest BCUT2D eigenvalue weighted by atomic mass is 10.0. The van der Waals surface area contributed by atoms with Crippen LogP contribution >= 0.6 is 0 Å². The molecule has 1 fully saturated rings. The predicted molar refractivity (Wildman–Crippen MR) is 84.4 cm³/mol. The van der Waals surface area contributed by atoms with Crippen molar-refractivity contribution in [2.75, 3.05) is 37.6 Å². The van der Waals surface area contributed by atoms with Crippen molar-refractivity contribution in [1.29, 1.82) is 0 Å². The molecule has 1 aliphatic heterocycles. The van der Waals surface area contributed by atoms with Crippen molar-refractivity contribution in [3.05, 3.63) is 36.0 Å². The maximum Gasteiger partial charge on any atom is 0.221 e. The van der Waals surface area contributed by atoms with Crippen LogP contribution in [0.25, 0.3) is 11.1 Å². The van der Waals surface area contributed by atoms with Crippen LogP contribution in [0.5, 0.6) is 0 Å². The first-order chi connectivity index (χ1) is 10.2. The van der Waals surface area contributed by atoms with E-state index in [0.29, 0.717) is 5.82 Å². The predicted octanol–water partition coefficient (Wildman–Crippen LogP) is 0.713. The summed E-state index contributed by atoms with van der Waals surface area (Å²) in [5, 5.41) is 3.36. The van der Waals surface area contributed by atoms with E-state index in [1.54, 1.807) is 6.20 Å². The lowest BCUT2D eigenvalue weighted by Gasteiger charge is -2.27. The van der Waals surface area contributed by atoms with Gasteiger partial charge in [-0.3, -0.25) is 4.90 Å². The average molecular weight is 284 g/mol. The van der Waals surface area contributed by atoms with Crippen LogP contribution in [0.4, 0.5) is 11.8 Å². The molecule has 0 aliphatic carbocycles. The van der Waals surface area contributed by atoms with Gasteiger partial charge in [-0.05, 0) is 17.2 Å². The second-order valence-corrected chi connectivity index (χ2v) is 5.25. The summed E-state index contributed by atoms with van der Waals surface area (Å²) in [5.41, 5.74) is 14.6. The number of hydrogen-bond acceptors (Lipinski definition) is 6. The molecule has 0 spiro atoms. The van der Waals surface area contributed by atoms with Crippen LogP contribution in [0.1, 0.15) is 5.56 Å². The number of benzene rings is 1. The molecule has 2 aromatic rings. The minimum Gasteiger partial charge on any atom is -0.383 e. The van der Waals surface area contributed by atoms with Crippen LogP contribution in [0, 0.1) is 0 Å². The summed E-state index contributed by atoms with van der Waals surface area (Å²) in [5.74, 6) is 0.620. The third-order valence-corrected chi connectivity index (χ3v) is 3.69. The van der Waals surface area contributed by atoms with Crippen LogP contribution in [-0.4, -0.2) is 41.0 Å². The molecule has 110 valence electrons. The van der Waals surface area contributed by atoms with E-state index in [2.05, 4.69) is 32.3 Å². The van der Waals surface area contributed by atoms with Gasteiger partial charge in [0, 0.05) is 44.5 Å². The topological polar surface area (TPSA) is 93.1 Å². The highest BCUT2D eigenvalue weighted by atomic mass is 15.2. The number of nitrogens with zero attached hydrogens (tertiary/aromatic N) is 3. The fourth-order valence-corrected chi connectivity index (χ4v) is 2.60. The number of nitrogens with two attached hydrogens (primary N) is 2. The molecule has 0 radical (unpaired) electrons. The van der Waals surface area contributed by atoms with Crippen molar-refractivity contribution >= 4 is 11.8 Å². The van der Waals surface area contributed by atoms with Crippen LogP contribution < -0.4 is 16.8 Å². The van der Waals surface area contributed by atoms with Gasteiger partial charge in [0.05, 0.1) is 0 Å². The Labute approximate surface area is 124 Å². The first-order valence-electron chi connectivity index (χ1n) is 7.13. The zero-order valence-electron chi connectivity index (χ0n) is 11.9. The van der Waals surface area contributed by atoms with Crippen molar-refractivity contribution < 1.29 is 0 Å². The van der Waals surface area contributed by atoms with Crippen molar-refractivity contribution in [2.45, 2.75) is 6.54 Å². The Morgan fingerprint density at radius 3 is 2.76 bits per heavy atom. The molecule has 1 aromatic heterocycles.